The van der Waals surface area contributed by atoms with E-state index in [-0.39, 0.29) is 36.7 Å². The summed E-state index contributed by atoms with van der Waals surface area (Å²) in [5.41, 5.74) is 2.48. The second-order valence-electron chi connectivity index (χ2n) is 9.96. The average molecular weight is 568 g/mol. The Morgan fingerprint density at radius 3 is 2.56 bits per heavy atom. The number of carbonyl (C=O) groups excluding carboxylic acids is 1. The van der Waals surface area contributed by atoms with Crippen LogP contribution in [-0.2, 0) is 38.9 Å². The average Bonchev–Trinajstić information content (AvgIpc) is 3.36. The van der Waals surface area contributed by atoms with Crippen molar-refractivity contribution < 1.29 is 31.8 Å². The number of aliphatic hydroxyl groups excluding tert-OH is 1. The van der Waals surface area contributed by atoms with Gasteiger partial charge < -0.3 is 20.5 Å². The van der Waals surface area contributed by atoms with Crippen LogP contribution >= 0.6 is 0 Å². The highest BCUT2D eigenvalue weighted by molar-refractivity contribution is 7.89. The lowest BCUT2D eigenvalue weighted by Gasteiger charge is -2.26. The third kappa shape index (κ3) is 9.61. The first-order valence-corrected chi connectivity index (χ1v) is 14.9. The smallest absolute Gasteiger partial charge is 0.221 e. The van der Waals surface area contributed by atoms with Gasteiger partial charge in [-0.05, 0) is 54.5 Å². The molecule has 2 aromatic carbocycles. The first-order valence-electron chi connectivity index (χ1n) is 13.3. The first kappa shape index (κ1) is 31.1. The number of nitrogens with one attached hydrogen (secondary N) is 2. The minimum absolute atomic E-state index is 0.0383. The zero-order valence-corrected chi connectivity index (χ0v) is 23.4. The predicted molar refractivity (Wildman–Crippen MR) is 146 cm³/mol. The van der Waals surface area contributed by atoms with Gasteiger partial charge >= 0.3 is 0 Å². The Balaban J connectivity index is 1.63. The molecule has 2 aromatic rings. The van der Waals surface area contributed by atoms with E-state index >= 15 is 0 Å². The molecule has 0 bridgehead atoms. The Kier molecular flexibility index (Phi) is 11.8. The molecule has 0 aliphatic carbocycles. The molecule has 0 aromatic heterocycles. The van der Waals surface area contributed by atoms with Crippen LogP contribution in [0, 0.1) is 11.6 Å². The highest BCUT2D eigenvalue weighted by atomic mass is 32.2. The molecule has 0 saturated carbocycles. The third-order valence-electron chi connectivity index (χ3n) is 6.90. The molecule has 1 heterocycles. The van der Waals surface area contributed by atoms with Crippen molar-refractivity contribution in [2.75, 3.05) is 32.6 Å². The van der Waals surface area contributed by atoms with Crippen LogP contribution in [0.25, 0.3) is 0 Å². The molecular formula is C28H39F2N3O5S. The van der Waals surface area contributed by atoms with Crippen LogP contribution in [-0.4, -0.2) is 74.5 Å². The van der Waals surface area contributed by atoms with E-state index in [1.54, 1.807) is 0 Å². The summed E-state index contributed by atoms with van der Waals surface area (Å²) in [5.74, 6) is -2.48. The zero-order chi connectivity index (χ0) is 28.4. The summed E-state index contributed by atoms with van der Waals surface area (Å²) in [4.78, 5) is 12.8. The number of nitrogens with zero attached hydrogens (tertiary/aromatic N) is 1. The maximum atomic E-state index is 13.8. The van der Waals surface area contributed by atoms with Crippen LogP contribution in [0.2, 0.25) is 0 Å². The Morgan fingerprint density at radius 1 is 1.15 bits per heavy atom. The number of aryl methyl sites for hydroxylation is 1. The van der Waals surface area contributed by atoms with Gasteiger partial charge in [0.2, 0.25) is 15.9 Å². The number of sulfonamides is 1. The lowest BCUT2D eigenvalue weighted by molar-refractivity contribution is -0.122. The maximum absolute atomic E-state index is 13.8. The van der Waals surface area contributed by atoms with Crippen molar-refractivity contribution in [3.63, 3.8) is 0 Å². The van der Waals surface area contributed by atoms with Crippen molar-refractivity contribution in [1.82, 2.24) is 14.9 Å². The van der Waals surface area contributed by atoms with Crippen molar-refractivity contribution in [1.29, 1.82) is 0 Å². The van der Waals surface area contributed by atoms with E-state index in [0.29, 0.717) is 26.1 Å². The monoisotopic (exact) mass is 567 g/mol. The number of rotatable bonds is 15. The molecule has 3 atom stereocenters. The van der Waals surface area contributed by atoms with E-state index in [4.69, 9.17) is 4.74 Å². The highest BCUT2D eigenvalue weighted by Gasteiger charge is 2.34. The molecule has 3 N–H and O–H groups in total. The minimum Gasteiger partial charge on any atom is -0.390 e. The van der Waals surface area contributed by atoms with Crippen molar-refractivity contribution in [2.45, 2.75) is 63.8 Å². The molecule has 0 radical (unpaired) electrons. The second kappa shape index (κ2) is 14.8. The molecule has 3 rings (SSSR count). The normalized spacial score (nSPS) is 17.7. The van der Waals surface area contributed by atoms with Gasteiger partial charge in [-0.3, -0.25) is 4.79 Å². The number of hydrogen-bond acceptors (Lipinski definition) is 6. The van der Waals surface area contributed by atoms with E-state index in [9.17, 15) is 27.1 Å². The molecule has 1 aliphatic heterocycles. The van der Waals surface area contributed by atoms with E-state index in [2.05, 4.69) is 23.6 Å². The molecule has 0 spiro atoms. The number of benzene rings is 2. The summed E-state index contributed by atoms with van der Waals surface area (Å²) >= 11 is 0. The number of ether oxygens (including phenoxy) is 1. The van der Waals surface area contributed by atoms with Gasteiger partial charge in [-0.25, -0.2) is 17.2 Å². The molecule has 8 nitrogen and oxygen atoms in total. The third-order valence-corrected chi connectivity index (χ3v) is 8.81. The van der Waals surface area contributed by atoms with Crippen LogP contribution in [0.4, 0.5) is 8.78 Å². The van der Waals surface area contributed by atoms with E-state index in [1.165, 1.54) is 17.0 Å². The summed E-state index contributed by atoms with van der Waals surface area (Å²) in [6.07, 6.45) is 0.881. The largest absolute Gasteiger partial charge is 0.390 e. The molecule has 1 saturated heterocycles. The summed E-state index contributed by atoms with van der Waals surface area (Å²) in [7, 11) is -2.17. The Hall–Kier alpha value is -2.44. The molecule has 0 unspecified atom stereocenters. The van der Waals surface area contributed by atoms with Gasteiger partial charge in [-0.15, -0.1) is 0 Å². The molecule has 39 heavy (non-hydrogen) atoms. The number of hydrogen-bond donors (Lipinski definition) is 3. The zero-order valence-electron chi connectivity index (χ0n) is 22.5. The number of aliphatic hydroxyl groups is 1. The Morgan fingerprint density at radius 2 is 1.87 bits per heavy atom. The molecule has 11 heteroatoms. The number of amides is 1. The van der Waals surface area contributed by atoms with Crippen LogP contribution in [0.5, 0.6) is 0 Å². The molecule has 216 valence electrons. The molecule has 1 aliphatic rings. The van der Waals surface area contributed by atoms with Crippen LogP contribution in [0.3, 0.4) is 0 Å². The summed E-state index contributed by atoms with van der Waals surface area (Å²) in [6.45, 7) is 3.32. The summed E-state index contributed by atoms with van der Waals surface area (Å²) in [5, 5.41) is 16.8. The second-order valence-corrected chi connectivity index (χ2v) is 12.0. The summed E-state index contributed by atoms with van der Waals surface area (Å²) in [6, 6.07) is 9.91. The molecule has 1 amide bonds. The topological polar surface area (TPSA) is 108 Å². The molecule has 1 fully saturated rings. The van der Waals surface area contributed by atoms with Gasteiger partial charge in [-0.1, -0.05) is 31.2 Å². The maximum Gasteiger partial charge on any atom is 0.221 e. The van der Waals surface area contributed by atoms with Crippen molar-refractivity contribution in [2.24, 2.45) is 0 Å². The van der Waals surface area contributed by atoms with Crippen molar-refractivity contribution in [3.05, 3.63) is 70.8 Å². The van der Waals surface area contributed by atoms with Crippen LogP contribution in [0.15, 0.2) is 42.5 Å². The first-order chi connectivity index (χ1) is 18.6. The number of methoxy groups -OCH3 is 1. The lowest BCUT2D eigenvalue weighted by Crippen LogP contribution is -2.49. The predicted octanol–water partition coefficient (Wildman–Crippen LogP) is 2.54. The minimum atomic E-state index is -3.68. The Bertz CT molecular complexity index is 1180. The summed E-state index contributed by atoms with van der Waals surface area (Å²) < 4.78 is 59.9. The SMILES string of the molecule is CCc1cccc(CNC[C@H](O)[C@H](Cc2cc(F)cc(F)c2)NC(=O)CCS(=O)(=O)N2CCC[C@H]2COC)c1. The quantitative estimate of drug-likeness (QED) is 0.305. The van der Waals surface area contributed by atoms with E-state index < -0.39 is 39.7 Å². The van der Waals surface area contributed by atoms with Crippen molar-refractivity contribution >= 4 is 15.9 Å². The van der Waals surface area contributed by atoms with Gasteiger partial charge in [-0.2, -0.15) is 4.31 Å². The highest BCUT2D eigenvalue weighted by Crippen LogP contribution is 2.22. The van der Waals surface area contributed by atoms with Gasteiger partial charge in [0.15, 0.2) is 0 Å². The molecular weight excluding hydrogens is 528 g/mol. The Labute approximate surface area is 229 Å². The fraction of sp³-hybridized carbons (Fsp3) is 0.536. The fourth-order valence-electron chi connectivity index (χ4n) is 4.88. The lowest BCUT2D eigenvalue weighted by atomic mass is 10.0. The standard InChI is InChI=1S/C28H39F2N3O5S/c1-3-20-6-4-7-21(12-20)17-31-18-27(34)26(15-22-13-23(29)16-24(30)14-22)32-28(35)9-11-39(36,37)33-10-5-8-25(33)19-38-2/h4,6-7,12-14,16,25-27,31,34H,3,5,8-11,15,17-19H2,1-2H3,(H,32,35)/t25-,26-,27-/m0/s1. The van der Waals surface area contributed by atoms with Gasteiger partial charge in [0.05, 0.1) is 24.5 Å². The number of carbonyl (C=O) groups is 1. The van der Waals surface area contributed by atoms with E-state index in [0.717, 1.165) is 36.6 Å². The van der Waals surface area contributed by atoms with Crippen LogP contribution in [0.1, 0.15) is 42.9 Å². The van der Waals surface area contributed by atoms with E-state index in [1.807, 2.05) is 18.2 Å². The van der Waals surface area contributed by atoms with Crippen molar-refractivity contribution in [3.8, 4) is 0 Å². The fourth-order valence-corrected chi connectivity index (χ4v) is 6.59. The number of halogens is 2. The van der Waals surface area contributed by atoms with Gasteiger partial charge in [0.25, 0.3) is 0 Å². The van der Waals surface area contributed by atoms with Crippen LogP contribution < -0.4 is 10.6 Å². The van der Waals surface area contributed by atoms with Gasteiger partial charge in [0.1, 0.15) is 11.6 Å². The van der Waals surface area contributed by atoms with Gasteiger partial charge in [0, 0.05) is 45.3 Å².